The van der Waals surface area contributed by atoms with E-state index in [1.54, 1.807) is 0 Å². The van der Waals surface area contributed by atoms with Gasteiger partial charge in [0.2, 0.25) is 0 Å². The van der Waals surface area contributed by atoms with Crippen LogP contribution >= 0.6 is 0 Å². The van der Waals surface area contributed by atoms with Crippen LogP contribution in [0.25, 0.3) is 0 Å². The number of hydrogen-bond donors (Lipinski definition) is 1. The van der Waals surface area contributed by atoms with Crippen LogP contribution in [-0.4, -0.2) is 11.1 Å². The Labute approximate surface area is 71.3 Å². The zero-order chi connectivity index (χ0) is 8.55. The zero-order valence-corrected chi connectivity index (χ0v) is 6.78. The Balaban J connectivity index is 2.27. The average Bonchev–Trinajstić information content (AvgIpc) is 2.47. The van der Waals surface area contributed by atoms with E-state index in [9.17, 15) is 0 Å². The third-order valence-electron chi connectivity index (χ3n) is 2.05. The van der Waals surface area contributed by atoms with Gasteiger partial charge in [0.15, 0.2) is 0 Å². The Morgan fingerprint density at radius 3 is 3.25 bits per heavy atom. The van der Waals surface area contributed by atoms with E-state index < -0.39 is 0 Å². The largest absolute Gasteiger partial charge is 0.366 e. The van der Waals surface area contributed by atoms with Gasteiger partial charge in [-0.2, -0.15) is 5.26 Å². The first kappa shape index (κ1) is 6.99. The van der Waals surface area contributed by atoms with Crippen molar-refractivity contribution in [3.63, 3.8) is 0 Å². The van der Waals surface area contributed by atoms with E-state index in [1.807, 2.05) is 31.5 Å². The highest BCUT2D eigenvalue weighted by Crippen LogP contribution is 2.20. The van der Waals surface area contributed by atoms with Crippen LogP contribution in [0.2, 0.25) is 0 Å². The molecule has 0 radical (unpaired) electrons. The summed E-state index contributed by atoms with van der Waals surface area (Å²) in [7, 11) is 0. The van der Waals surface area contributed by atoms with Gasteiger partial charge in [-0.05, 0) is 19.1 Å². The highest BCUT2D eigenvalue weighted by atomic mass is 15.3. The minimum atomic E-state index is 0.143. The summed E-state index contributed by atoms with van der Waals surface area (Å²) in [5, 5.41) is 11.8. The summed E-state index contributed by atoms with van der Waals surface area (Å²) in [5.41, 5.74) is 1.89. The van der Waals surface area contributed by atoms with Gasteiger partial charge in [-0.15, -0.1) is 0 Å². The fraction of sp³-hybridized carbons (Fsp3) is 0.222. The van der Waals surface area contributed by atoms with Crippen LogP contribution in [0.4, 0.5) is 0 Å². The molecule has 3 nitrogen and oxygen atoms in total. The lowest BCUT2D eigenvalue weighted by Crippen LogP contribution is -2.32. The molecule has 0 aromatic rings. The maximum atomic E-state index is 8.64. The van der Waals surface area contributed by atoms with Crippen LogP contribution in [0.5, 0.6) is 0 Å². The molecule has 1 unspecified atom stereocenters. The Morgan fingerprint density at radius 2 is 2.50 bits per heavy atom. The lowest BCUT2D eigenvalue weighted by molar-refractivity contribution is 0.400. The highest BCUT2D eigenvalue weighted by Gasteiger charge is 2.21. The summed E-state index contributed by atoms with van der Waals surface area (Å²) >= 11 is 0. The lowest BCUT2D eigenvalue weighted by atomic mass is 10.2. The first-order chi connectivity index (χ1) is 5.81. The molecule has 2 heterocycles. The van der Waals surface area contributed by atoms with Crippen LogP contribution < -0.4 is 5.32 Å². The molecule has 2 rings (SSSR count). The van der Waals surface area contributed by atoms with E-state index in [1.165, 1.54) is 5.70 Å². The van der Waals surface area contributed by atoms with Gasteiger partial charge in [0.25, 0.3) is 0 Å². The molecule has 12 heavy (non-hydrogen) atoms. The van der Waals surface area contributed by atoms with Gasteiger partial charge in [-0.1, -0.05) is 0 Å². The van der Waals surface area contributed by atoms with Gasteiger partial charge in [-0.25, -0.2) is 0 Å². The first-order valence-electron chi connectivity index (χ1n) is 3.82. The molecule has 0 bridgehead atoms. The average molecular weight is 159 g/mol. The number of nitriles is 1. The monoisotopic (exact) mass is 159 g/mol. The number of fused-ring (bicyclic) bond motifs is 1. The Kier molecular flexibility index (Phi) is 1.41. The summed E-state index contributed by atoms with van der Waals surface area (Å²) in [6.07, 6.45) is 7.75. The summed E-state index contributed by atoms with van der Waals surface area (Å²) in [5.74, 6) is 0. The van der Waals surface area contributed by atoms with Crippen molar-refractivity contribution in [1.82, 2.24) is 10.2 Å². The maximum Gasteiger partial charge on any atom is 0.123 e. The summed E-state index contributed by atoms with van der Waals surface area (Å²) < 4.78 is 0. The molecule has 3 heteroatoms. The predicted molar refractivity (Wildman–Crippen MR) is 45.4 cm³/mol. The van der Waals surface area contributed by atoms with E-state index >= 15 is 0 Å². The Bertz CT molecular complexity index is 330. The molecule has 0 aromatic heterocycles. The zero-order valence-electron chi connectivity index (χ0n) is 6.78. The fourth-order valence-corrected chi connectivity index (χ4v) is 1.38. The van der Waals surface area contributed by atoms with E-state index in [2.05, 4.69) is 16.3 Å². The van der Waals surface area contributed by atoms with E-state index in [0.29, 0.717) is 5.57 Å². The van der Waals surface area contributed by atoms with Gasteiger partial charge < -0.3 is 10.2 Å². The third kappa shape index (κ3) is 0.892. The Hall–Kier alpha value is -1.69. The topological polar surface area (TPSA) is 39.1 Å². The fourth-order valence-electron chi connectivity index (χ4n) is 1.38. The van der Waals surface area contributed by atoms with Crippen molar-refractivity contribution in [1.29, 1.82) is 5.26 Å². The van der Waals surface area contributed by atoms with Crippen molar-refractivity contribution >= 4 is 0 Å². The third-order valence-corrected chi connectivity index (χ3v) is 2.05. The van der Waals surface area contributed by atoms with Gasteiger partial charge in [0, 0.05) is 18.1 Å². The van der Waals surface area contributed by atoms with Crippen LogP contribution in [0.3, 0.4) is 0 Å². The first-order valence-corrected chi connectivity index (χ1v) is 3.82. The summed E-state index contributed by atoms with van der Waals surface area (Å²) in [6.45, 7) is 2.03. The molecule has 0 aliphatic carbocycles. The molecule has 0 saturated heterocycles. The van der Waals surface area contributed by atoms with Gasteiger partial charge >= 0.3 is 0 Å². The highest BCUT2D eigenvalue weighted by molar-refractivity contribution is 5.38. The molecular formula is C9H9N3. The smallest absolute Gasteiger partial charge is 0.123 e. The number of nitrogens with zero attached hydrogens (tertiary/aromatic N) is 2. The molecule has 0 amide bonds. The van der Waals surface area contributed by atoms with Crippen LogP contribution in [0, 0.1) is 11.3 Å². The van der Waals surface area contributed by atoms with Gasteiger partial charge in [-0.3, -0.25) is 0 Å². The second-order valence-electron chi connectivity index (χ2n) is 2.85. The lowest BCUT2D eigenvalue weighted by Gasteiger charge is -2.24. The van der Waals surface area contributed by atoms with Crippen LogP contribution in [0.15, 0.2) is 35.8 Å². The number of allylic oxidation sites excluding steroid dienone is 3. The summed E-state index contributed by atoms with van der Waals surface area (Å²) in [4.78, 5) is 2.08. The molecule has 1 atom stereocenters. The standard InChI is InChI=1S/C9H9N3/c1-7-6-11-9-4-8(5-10)2-3-12(7)9/h2-4,6,9,11H,1H3. The minimum Gasteiger partial charge on any atom is -0.366 e. The molecule has 1 N–H and O–H groups in total. The minimum absolute atomic E-state index is 0.143. The quantitative estimate of drug-likeness (QED) is 0.574. The SMILES string of the molecule is CC1=CNC2C=C(C#N)C=CN12. The van der Waals surface area contributed by atoms with Crippen molar-refractivity contribution in [2.75, 3.05) is 0 Å². The Morgan fingerprint density at radius 1 is 1.67 bits per heavy atom. The van der Waals surface area contributed by atoms with Crippen LogP contribution in [-0.2, 0) is 0 Å². The molecular weight excluding hydrogens is 150 g/mol. The van der Waals surface area contributed by atoms with E-state index in [4.69, 9.17) is 5.26 Å². The van der Waals surface area contributed by atoms with Gasteiger partial charge in [0.05, 0.1) is 11.6 Å². The van der Waals surface area contributed by atoms with Crippen molar-refractivity contribution in [2.45, 2.75) is 13.1 Å². The normalized spacial score (nSPS) is 25.3. The molecule has 0 aromatic carbocycles. The molecule has 2 aliphatic heterocycles. The number of rotatable bonds is 0. The second kappa shape index (κ2) is 2.42. The number of hydrogen-bond acceptors (Lipinski definition) is 3. The van der Waals surface area contributed by atoms with Crippen molar-refractivity contribution in [3.05, 3.63) is 35.8 Å². The molecule has 2 aliphatic rings. The summed E-state index contributed by atoms with van der Waals surface area (Å²) in [6, 6.07) is 2.12. The predicted octanol–water partition coefficient (Wildman–Crippen LogP) is 1.06. The van der Waals surface area contributed by atoms with Gasteiger partial charge in [0.1, 0.15) is 6.17 Å². The van der Waals surface area contributed by atoms with Crippen molar-refractivity contribution < 1.29 is 0 Å². The molecule has 0 saturated carbocycles. The van der Waals surface area contributed by atoms with E-state index in [0.717, 1.165) is 0 Å². The maximum absolute atomic E-state index is 8.64. The van der Waals surface area contributed by atoms with Crippen LogP contribution in [0.1, 0.15) is 6.92 Å². The second-order valence-corrected chi connectivity index (χ2v) is 2.85. The molecule has 60 valence electrons. The number of nitrogens with one attached hydrogen (secondary N) is 1. The van der Waals surface area contributed by atoms with Crippen molar-refractivity contribution in [3.8, 4) is 6.07 Å². The molecule has 0 spiro atoms. The van der Waals surface area contributed by atoms with E-state index in [-0.39, 0.29) is 6.17 Å². The van der Waals surface area contributed by atoms with Crippen molar-refractivity contribution in [2.24, 2.45) is 0 Å². The molecule has 0 fully saturated rings.